The van der Waals surface area contributed by atoms with Gasteiger partial charge in [-0.05, 0) is 26.3 Å². The summed E-state index contributed by atoms with van der Waals surface area (Å²) in [4.78, 5) is 19.2. The fraction of sp³-hybridized carbons (Fsp3) is 0.533. The first kappa shape index (κ1) is 17.3. The average Bonchev–Trinajstić information content (AvgIpc) is 2.68. The first-order valence-electron chi connectivity index (χ1n) is 7.05. The van der Waals surface area contributed by atoms with E-state index < -0.39 is 30.3 Å². The van der Waals surface area contributed by atoms with Crippen molar-refractivity contribution in [2.75, 3.05) is 0 Å². The molecule has 0 fully saturated rings. The van der Waals surface area contributed by atoms with E-state index in [-0.39, 0.29) is 12.3 Å². The van der Waals surface area contributed by atoms with Crippen LogP contribution in [0, 0.1) is 0 Å². The van der Waals surface area contributed by atoms with Gasteiger partial charge in [0.15, 0.2) is 0 Å². The molecular weight excluding hydrogens is 310 g/mol. The van der Waals surface area contributed by atoms with Crippen LogP contribution in [0.5, 0.6) is 5.88 Å². The molecule has 0 bridgehead atoms. The third-order valence-corrected chi connectivity index (χ3v) is 3.10. The number of carbonyl (C=O) groups excluding carboxylic acids is 1. The maximum atomic E-state index is 12.2. The van der Waals surface area contributed by atoms with Gasteiger partial charge in [-0.2, -0.15) is 13.8 Å². The lowest BCUT2D eigenvalue weighted by atomic mass is 10.0. The van der Waals surface area contributed by atoms with Gasteiger partial charge < -0.3 is 14.6 Å². The molecule has 23 heavy (non-hydrogen) atoms. The zero-order valence-electron chi connectivity index (χ0n) is 13.0. The number of rotatable bonds is 3. The second-order valence-corrected chi connectivity index (χ2v) is 6.12. The van der Waals surface area contributed by atoms with Crippen molar-refractivity contribution >= 4 is 12.3 Å². The van der Waals surface area contributed by atoms with Crippen LogP contribution < -0.4 is 4.74 Å². The standard InChI is InChI=1S/C15H18F2N2O4/c1-15(2,3)23-14(21)18-7-9-8-4-5-12(22-13(16)17)19-10(8)6-11(9)20/h4-5,7,9,11,13,20H,6H2,1-3H3/b18-7-/t9?,11-/m1/s1. The maximum absolute atomic E-state index is 12.2. The minimum atomic E-state index is -2.96. The van der Waals surface area contributed by atoms with Crippen molar-refractivity contribution in [3.8, 4) is 5.88 Å². The Labute approximate surface area is 132 Å². The molecule has 126 valence electrons. The summed E-state index contributed by atoms with van der Waals surface area (Å²) in [6.45, 7) is 2.19. The van der Waals surface area contributed by atoms with Crippen LogP contribution in [0.25, 0.3) is 0 Å². The molecule has 0 aliphatic heterocycles. The molecule has 1 N–H and O–H groups in total. The topological polar surface area (TPSA) is 81.0 Å². The fourth-order valence-corrected chi connectivity index (χ4v) is 2.26. The predicted octanol–water partition coefficient (Wildman–Crippen LogP) is 2.69. The molecule has 1 heterocycles. The maximum Gasteiger partial charge on any atom is 0.433 e. The van der Waals surface area contributed by atoms with Gasteiger partial charge in [-0.1, -0.05) is 6.07 Å². The number of halogens is 2. The monoisotopic (exact) mass is 328 g/mol. The van der Waals surface area contributed by atoms with Crippen LogP contribution in [0.3, 0.4) is 0 Å². The van der Waals surface area contributed by atoms with Crippen LogP contribution in [0.4, 0.5) is 13.6 Å². The number of pyridine rings is 1. The number of aliphatic hydroxyl groups is 1. The number of aliphatic imine (C=N–C) groups is 1. The lowest BCUT2D eigenvalue weighted by molar-refractivity contribution is -0.0529. The normalized spacial score (nSPS) is 20.8. The van der Waals surface area contributed by atoms with Crippen molar-refractivity contribution in [2.45, 2.75) is 51.4 Å². The second-order valence-electron chi connectivity index (χ2n) is 6.12. The van der Waals surface area contributed by atoms with E-state index in [1.54, 1.807) is 20.8 Å². The third kappa shape index (κ3) is 4.69. The quantitative estimate of drug-likeness (QED) is 0.863. The first-order valence-corrected chi connectivity index (χ1v) is 7.05. The van der Waals surface area contributed by atoms with Crippen LogP contribution in [0.2, 0.25) is 0 Å². The molecule has 1 aliphatic rings. The molecule has 0 saturated carbocycles. The molecule has 1 aromatic heterocycles. The van der Waals surface area contributed by atoms with E-state index in [0.29, 0.717) is 11.3 Å². The Morgan fingerprint density at radius 1 is 1.48 bits per heavy atom. The van der Waals surface area contributed by atoms with E-state index >= 15 is 0 Å². The summed E-state index contributed by atoms with van der Waals surface area (Å²) < 4.78 is 33.6. The van der Waals surface area contributed by atoms with Crippen molar-refractivity contribution in [3.05, 3.63) is 23.4 Å². The van der Waals surface area contributed by atoms with E-state index in [1.807, 2.05) is 0 Å². The van der Waals surface area contributed by atoms with Crippen LogP contribution in [0.1, 0.15) is 37.9 Å². The second kappa shape index (κ2) is 6.57. The van der Waals surface area contributed by atoms with Gasteiger partial charge in [-0.15, -0.1) is 0 Å². The lowest BCUT2D eigenvalue weighted by Gasteiger charge is -2.17. The van der Waals surface area contributed by atoms with Gasteiger partial charge in [-0.3, -0.25) is 0 Å². The highest BCUT2D eigenvalue weighted by Gasteiger charge is 2.32. The molecule has 1 amide bonds. The van der Waals surface area contributed by atoms with Crippen molar-refractivity contribution in [1.82, 2.24) is 4.98 Å². The third-order valence-electron chi connectivity index (χ3n) is 3.10. The molecule has 0 saturated heterocycles. The van der Waals surface area contributed by atoms with E-state index in [4.69, 9.17) is 4.74 Å². The number of hydrogen-bond acceptors (Lipinski definition) is 5. The number of carbonyl (C=O) groups is 1. The highest BCUT2D eigenvalue weighted by atomic mass is 19.3. The highest BCUT2D eigenvalue weighted by molar-refractivity contribution is 5.83. The molecule has 1 aromatic rings. The van der Waals surface area contributed by atoms with Gasteiger partial charge in [-0.25, -0.2) is 9.78 Å². The highest BCUT2D eigenvalue weighted by Crippen LogP contribution is 2.32. The number of fused-ring (bicyclic) bond motifs is 1. The van der Waals surface area contributed by atoms with Crippen molar-refractivity contribution in [3.63, 3.8) is 0 Å². The zero-order valence-corrected chi connectivity index (χ0v) is 13.0. The Bertz CT molecular complexity index is 614. The summed E-state index contributed by atoms with van der Waals surface area (Å²) >= 11 is 0. The van der Waals surface area contributed by atoms with E-state index in [0.717, 1.165) is 0 Å². The van der Waals surface area contributed by atoms with Gasteiger partial charge >= 0.3 is 12.7 Å². The molecule has 1 aliphatic carbocycles. The van der Waals surface area contributed by atoms with Crippen LogP contribution >= 0.6 is 0 Å². The summed E-state index contributed by atoms with van der Waals surface area (Å²) in [7, 11) is 0. The Balaban J connectivity index is 2.13. The minimum absolute atomic E-state index is 0.167. The molecule has 8 heteroatoms. The number of ether oxygens (including phenoxy) is 2. The summed E-state index contributed by atoms with van der Waals surface area (Å²) in [5.41, 5.74) is 0.395. The number of aromatic nitrogens is 1. The smallest absolute Gasteiger partial charge is 0.433 e. The summed E-state index contributed by atoms with van der Waals surface area (Å²) in [5.74, 6) is -0.763. The number of aliphatic hydroxyl groups excluding tert-OH is 1. The molecular formula is C15H18F2N2O4. The van der Waals surface area contributed by atoms with Crippen LogP contribution in [-0.2, 0) is 11.2 Å². The Kier molecular flexibility index (Phi) is 4.93. The van der Waals surface area contributed by atoms with Crippen LogP contribution in [-0.4, -0.2) is 40.7 Å². The predicted molar refractivity (Wildman–Crippen MR) is 78.0 cm³/mol. The Morgan fingerprint density at radius 2 is 2.17 bits per heavy atom. The van der Waals surface area contributed by atoms with Crippen molar-refractivity contribution in [2.24, 2.45) is 4.99 Å². The summed E-state index contributed by atoms with van der Waals surface area (Å²) in [6.07, 6.45) is -0.144. The Morgan fingerprint density at radius 3 is 2.78 bits per heavy atom. The first-order chi connectivity index (χ1) is 10.7. The fourth-order valence-electron chi connectivity index (χ4n) is 2.26. The van der Waals surface area contributed by atoms with E-state index in [2.05, 4.69) is 14.7 Å². The van der Waals surface area contributed by atoms with Crippen molar-refractivity contribution in [1.29, 1.82) is 0 Å². The largest absolute Gasteiger partial charge is 0.442 e. The van der Waals surface area contributed by atoms with E-state index in [1.165, 1.54) is 18.3 Å². The zero-order chi connectivity index (χ0) is 17.2. The SMILES string of the molecule is CC(C)(C)OC(=O)/N=C\C1c2ccc(OC(F)F)nc2C[C@H]1O. The van der Waals surface area contributed by atoms with E-state index in [9.17, 15) is 18.7 Å². The van der Waals surface area contributed by atoms with Gasteiger partial charge in [0.1, 0.15) is 5.60 Å². The lowest BCUT2D eigenvalue weighted by Crippen LogP contribution is -2.22. The minimum Gasteiger partial charge on any atom is -0.442 e. The molecule has 0 spiro atoms. The number of amides is 1. The molecule has 1 unspecified atom stereocenters. The number of alkyl halides is 2. The molecule has 2 rings (SSSR count). The van der Waals surface area contributed by atoms with Gasteiger partial charge in [0.05, 0.1) is 11.8 Å². The number of hydrogen-bond donors (Lipinski definition) is 1. The summed E-state index contributed by atoms with van der Waals surface area (Å²) in [6, 6.07) is 2.82. The molecule has 2 atom stereocenters. The Hall–Kier alpha value is -2.09. The van der Waals surface area contributed by atoms with Gasteiger partial charge in [0, 0.05) is 24.6 Å². The van der Waals surface area contributed by atoms with Crippen LogP contribution in [0.15, 0.2) is 17.1 Å². The molecule has 6 nitrogen and oxygen atoms in total. The van der Waals surface area contributed by atoms with Crippen molar-refractivity contribution < 1.29 is 28.2 Å². The molecule has 0 aromatic carbocycles. The average molecular weight is 328 g/mol. The molecule has 0 radical (unpaired) electrons. The van der Waals surface area contributed by atoms with Gasteiger partial charge in [0.25, 0.3) is 0 Å². The summed E-state index contributed by atoms with van der Waals surface area (Å²) in [5, 5.41) is 10.1. The number of nitrogens with zero attached hydrogens (tertiary/aromatic N) is 2. The van der Waals surface area contributed by atoms with Gasteiger partial charge in [0.2, 0.25) is 5.88 Å².